The van der Waals surface area contributed by atoms with Gasteiger partial charge in [0, 0.05) is 11.4 Å². The molecule has 0 spiro atoms. The highest BCUT2D eigenvalue weighted by molar-refractivity contribution is 6.33. The second-order valence-electron chi connectivity index (χ2n) is 2.53. The van der Waals surface area contributed by atoms with Gasteiger partial charge in [0.1, 0.15) is 0 Å². The molecular formula is C9H7ClO3. The minimum Gasteiger partial charge on any atom is -0.475 e. The molecule has 1 rings (SSSR count). The molecule has 0 radical (unpaired) electrons. The third kappa shape index (κ3) is 2.87. The highest BCUT2D eigenvalue weighted by Crippen LogP contribution is 2.09. The van der Waals surface area contributed by atoms with Crippen LogP contribution in [0.2, 0.25) is 5.02 Å². The predicted molar refractivity (Wildman–Crippen MR) is 47.8 cm³/mol. The summed E-state index contributed by atoms with van der Waals surface area (Å²) in [5, 5.41) is 8.88. The minimum absolute atomic E-state index is 0.0908. The number of benzene rings is 1. The van der Waals surface area contributed by atoms with Crippen molar-refractivity contribution < 1.29 is 14.7 Å². The maximum atomic E-state index is 10.8. The Morgan fingerprint density at radius 2 is 1.77 bits per heavy atom. The van der Waals surface area contributed by atoms with E-state index in [0.717, 1.165) is 0 Å². The van der Waals surface area contributed by atoms with E-state index in [2.05, 4.69) is 0 Å². The first kappa shape index (κ1) is 9.74. The van der Waals surface area contributed by atoms with Crippen LogP contribution in [-0.4, -0.2) is 16.9 Å². The van der Waals surface area contributed by atoms with Crippen molar-refractivity contribution in [3.05, 3.63) is 34.9 Å². The van der Waals surface area contributed by atoms with E-state index < -0.39 is 11.8 Å². The number of hydrogen-bond donors (Lipinski definition) is 1. The number of aliphatic carboxylic acids is 1. The Hall–Kier alpha value is -1.35. The second kappa shape index (κ2) is 4.05. The number of Topliss-reactive ketones (excluding diaryl/α,β-unsaturated/α-hetero) is 1. The molecule has 0 bridgehead atoms. The number of ketones is 1. The summed E-state index contributed by atoms with van der Waals surface area (Å²) in [6.45, 7) is 0. The van der Waals surface area contributed by atoms with Gasteiger partial charge in [-0.15, -0.1) is 0 Å². The molecule has 1 aromatic carbocycles. The average Bonchev–Trinajstić information content (AvgIpc) is 2.08. The highest BCUT2D eigenvalue weighted by atomic mass is 35.5. The Balaban J connectivity index is 2.70. The third-order valence-corrected chi connectivity index (χ3v) is 1.77. The van der Waals surface area contributed by atoms with E-state index in [4.69, 9.17) is 16.7 Å². The van der Waals surface area contributed by atoms with Crippen LogP contribution in [-0.2, 0) is 16.0 Å². The number of hydrogen-bond acceptors (Lipinski definition) is 2. The van der Waals surface area contributed by atoms with E-state index in [1.54, 1.807) is 24.3 Å². The van der Waals surface area contributed by atoms with Gasteiger partial charge in [-0.25, -0.2) is 4.79 Å². The van der Waals surface area contributed by atoms with Gasteiger partial charge in [0.15, 0.2) is 0 Å². The van der Waals surface area contributed by atoms with Crippen LogP contribution in [0.25, 0.3) is 0 Å². The molecule has 0 aliphatic rings. The largest absolute Gasteiger partial charge is 0.475 e. The van der Waals surface area contributed by atoms with Gasteiger partial charge >= 0.3 is 5.97 Å². The Bertz CT molecular complexity index is 329. The molecule has 1 aromatic rings. The lowest BCUT2D eigenvalue weighted by Crippen LogP contribution is -2.14. The topological polar surface area (TPSA) is 54.4 Å². The highest BCUT2D eigenvalue weighted by Gasteiger charge is 2.11. The summed E-state index contributed by atoms with van der Waals surface area (Å²) in [6, 6.07) is 6.49. The fourth-order valence-corrected chi connectivity index (χ4v) is 0.989. The molecule has 0 aromatic heterocycles. The predicted octanol–water partition coefficient (Wildman–Crippen LogP) is 1.54. The summed E-state index contributed by atoms with van der Waals surface area (Å²) in [5.74, 6) is -2.22. The standard InChI is InChI=1S/C9H7ClO3/c10-7-3-1-6(2-4-7)5-8(11)9(12)13/h1-4H,5H2,(H,12,13). The summed E-state index contributed by atoms with van der Waals surface area (Å²) in [7, 11) is 0. The summed E-state index contributed by atoms with van der Waals surface area (Å²) >= 11 is 5.61. The van der Waals surface area contributed by atoms with E-state index in [1.165, 1.54) is 0 Å². The van der Waals surface area contributed by atoms with E-state index in [1.807, 2.05) is 0 Å². The molecule has 0 heterocycles. The molecule has 0 unspecified atom stereocenters. The molecule has 13 heavy (non-hydrogen) atoms. The molecule has 0 saturated carbocycles. The molecule has 4 heteroatoms. The minimum atomic E-state index is -1.41. The van der Waals surface area contributed by atoms with E-state index >= 15 is 0 Å². The maximum absolute atomic E-state index is 10.8. The van der Waals surface area contributed by atoms with E-state index in [-0.39, 0.29) is 6.42 Å². The zero-order chi connectivity index (χ0) is 9.84. The molecule has 0 amide bonds. The number of carbonyl (C=O) groups is 2. The van der Waals surface area contributed by atoms with Gasteiger partial charge in [0.05, 0.1) is 0 Å². The average molecular weight is 199 g/mol. The van der Waals surface area contributed by atoms with Crippen LogP contribution in [0.5, 0.6) is 0 Å². The van der Waals surface area contributed by atoms with Crippen molar-refractivity contribution in [2.75, 3.05) is 0 Å². The van der Waals surface area contributed by atoms with Gasteiger partial charge in [-0.1, -0.05) is 23.7 Å². The molecule has 0 aliphatic carbocycles. The van der Waals surface area contributed by atoms with Gasteiger partial charge in [-0.05, 0) is 17.7 Å². The number of carboxylic acid groups (broad SMARTS) is 1. The lowest BCUT2D eigenvalue weighted by atomic mass is 10.1. The molecule has 1 N–H and O–H groups in total. The first-order valence-corrected chi connectivity index (χ1v) is 3.98. The fraction of sp³-hybridized carbons (Fsp3) is 0.111. The Morgan fingerprint density at radius 3 is 2.23 bits per heavy atom. The Labute approximate surface area is 79.9 Å². The molecule has 0 saturated heterocycles. The fourth-order valence-electron chi connectivity index (χ4n) is 0.863. The lowest BCUT2D eigenvalue weighted by molar-refractivity contribution is -0.148. The van der Waals surface area contributed by atoms with Crippen molar-refractivity contribution in [2.45, 2.75) is 6.42 Å². The van der Waals surface area contributed by atoms with Crippen LogP contribution in [0.15, 0.2) is 24.3 Å². The summed E-state index contributed by atoms with van der Waals surface area (Å²) < 4.78 is 0. The van der Waals surface area contributed by atoms with Crippen molar-refractivity contribution >= 4 is 23.4 Å². The van der Waals surface area contributed by atoms with Crippen LogP contribution < -0.4 is 0 Å². The van der Waals surface area contributed by atoms with Crippen LogP contribution in [0.3, 0.4) is 0 Å². The molecule has 68 valence electrons. The number of halogens is 1. The Kier molecular flexibility index (Phi) is 3.03. The van der Waals surface area contributed by atoms with E-state index in [9.17, 15) is 9.59 Å². The summed E-state index contributed by atoms with van der Waals surface area (Å²) in [5.41, 5.74) is 0.650. The zero-order valence-electron chi connectivity index (χ0n) is 6.66. The zero-order valence-corrected chi connectivity index (χ0v) is 7.41. The van der Waals surface area contributed by atoms with Crippen molar-refractivity contribution in [3.63, 3.8) is 0 Å². The van der Waals surface area contributed by atoms with Crippen molar-refractivity contribution in [1.29, 1.82) is 0 Å². The molecule has 3 nitrogen and oxygen atoms in total. The SMILES string of the molecule is O=C(O)C(=O)Cc1ccc(Cl)cc1. The molecular weight excluding hydrogens is 192 g/mol. The third-order valence-electron chi connectivity index (χ3n) is 1.52. The normalized spacial score (nSPS) is 9.62. The first-order valence-electron chi connectivity index (χ1n) is 3.60. The molecule has 0 fully saturated rings. The first-order chi connectivity index (χ1) is 6.09. The van der Waals surface area contributed by atoms with Crippen LogP contribution >= 0.6 is 11.6 Å². The van der Waals surface area contributed by atoms with Gasteiger partial charge in [0.2, 0.25) is 5.78 Å². The second-order valence-corrected chi connectivity index (χ2v) is 2.97. The lowest BCUT2D eigenvalue weighted by Gasteiger charge is -1.96. The summed E-state index contributed by atoms with van der Waals surface area (Å²) in [6.07, 6.45) is -0.0908. The number of rotatable bonds is 3. The molecule has 0 aliphatic heterocycles. The monoisotopic (exact) mass is 198 g/mol. The van der Waals surface area contributed by atoms with Crippen LogP contribution in [0.4, 0.5) is 0 Å². The number of carboxylic acids is 1. The van der Waals surface area contributed by atoms with Gasteiger partial charge in [-0.3, -0.25) is 4.79 Å². The maximum Gasteiger partial charge on any atom is 0.372 e. The smallest absolute Gasteiger partial charge is 0.372 e. The quantitative estimate of drug-likeness (QED) is 0.750. The van der Waals surface area contributed by atoms with Crippen molar-refractivity contribution in [2.24, 2.45) is 0 Å². The van der Waals surface area contributed by atoms with E-state index in [0.29, 0.717) is 10.6 Å². The Morgan fingerprint density at radius 1 is 1.23 bits per heavy atom. The van der Waals surface area contributed by atoms with Crippen LogP contribution in [0.1, 0.15) is 5.56 Å². The van der Waals surface area contributed by atoms with Crippen molar-refractivity contribution in [1.82, 2.24) is 0 Å². The molecule has 0 atom stereocenters. The van der Waals surface area contributed by atoms with Gasteiger partial charge in [0.25, 0.3) is 0 Å². The van der Waals surface area contributed by atoms with Crippen molar-refractivity contribution in [3.8, 4) is 0 Å². The summed E-state index contributed by atoms with van der Waals surface area (Å²) in [4.78, 5) is 21.0. The van der Waals surface area contributed by atoms with Gasteiger partial charge in [-0.2, -0.15) is 0 Å². The number of carbonyl (C=O) groups excluding carboxylic acids is 1. The van der Waals surface area contributed by atoms with Crippen LogP contribution in [0, 0.1) is 0 Å². The van der Waals surface area contributed by atoms with Gasteiger partial charge < -0.3 is 5.11 Å².